The minimum Gasteiger partial charge on any atom is -0.456 e. The number of aromatic nitrogens is 1. The Morgan fingerprint density at radius 1 is 1.00 bits per heavy atom. The molecule has 0 unspecified atom stereocenters. The fraction of sp³-hybridized carbons (Fsp3) is 0.200. The Labute approximate surface area is 214 Å². The van der Waals surface area contributed by atoms with Gasteiger partial charge >= 0.3 is 0 Å². The SMILES string of the molecule is N#Cc1cccc(CNc2cccc3c2Cc2cccc(-c4cc(N5CCOCC5)cc(=O)[nH]4)c2O3)c1. The molecular weight excluding hydrogens is 464 g/mol. The Balaban J connectivity index is 1.30. The molecule has 1 aromatic heterocycles. The predicted molar refractivity (Wildman–Crippen MR) is 143 cm³/mol. The highest BCUT2D eigenvalue weighted by molar-refractivity contribution is 5.75. The van der Waals surface area contributed by atoms with Crippen LogP contribution in [0.3, 0.4) is 0 Å². The Hall–Kier alpha value is -4.54. The molecule has 1 saturated heterocycles. The smallest absolute Gasteiger partial charge is 0.250 e. The lowest BCUT2D eigenvalue weighted by Gasteiger charge is -2.29. The van der Waals surface area contributed by atoms with Crippen LogP contribution >= 0.6 is 0 Å². The third-order valence-electron chi connectivity index (χ3n) is 6.84. The van der Waals surface area contributed by atoms with Crippen LogP contribution in [0.25, 0.3) is 11.3 Å². The van der Waals surface area contributed by atoms with E-state index < -0.39 is 0 Å². The van der Waals surface area contributed by atoms with Crippen molar-refractivity contribution in [3.05, 3.63) is 105 Å². The van der Waals surface area contributed by atoms with Gasteiger partial charge in [0, 0.05) is 60.2 Å². The van der Waals surface area contributed by atoms with Gasteiger partial charge in [-0.1, -0.05) is 30.3 Å². The third-order valence-corrected chi connectivity index (χ3v) is 6.84. The van der Waals surface area contributed by atoms with Crippen LogP contribution < -0.4 is 20.5 Å². The minimum absolute atomic E-state index is 0.139. The average molecular weight is 491 g/mol. The zero-order valence-corrected chi connectivity index (χ0v) is 20.3. The summed E-state index contributed by atoms with van der Waals surface area (Å²) in [6.45, 7) is 3.44. The van der Waals surface area contributed by atoms with Crippen LogP contribution in [0.15, 0.2) is 77.6 Å². The quantitative estimate of drug-likeness (QED) is 0.358. The van der Waals surface area contributed by atoms with Gasteiger partial charge in [0.1, 0.15) is 11.5 Å². The highest BCUT2D eigenvalue weighted by Gasteiger charge is 2.24. The fourth-order valence-electron chi connectivity index (χ4n) is 4.99. The Kier molecular flexibility index (Phi) is 6.09. The van der Waals surface area contributed by atoms with Crippen molar-refractivity contribution in [2.24, 2.45) is 0 Å². The first-order valence-corrected chi connectivity index (χ1v) is 12.4. The number of aromatic amines is 1. The number of nitriles is 1. The molecule has 3 heterocycles. The second kappa shape index (κ2) is 9.84. The molecule has 1 fully saturated rings. The average Bonchev–Trinajstić information content (AvgIpc) is 2.95. The van der Waals surface area contributed by atoms with Crippen LogP contribution in [0.5, 0.6) is 11.5 Å². The van der Waals surface area contributed by atoms with Crippen molar-refractivity contribution in [1.82, 2.24) is 4.98 Å². The summed E-state index contributed by atoms with van der Waals surface area (Å²) in [5.74, 6) is 1.56. The number of pyridine rings is 1. The van der Waals surface area contributed by atoms with Crippen molar-refractivity contribution in [3.63, 3.8) is 0 Å². The molecule has 2 aliphatic heterocycles. The van der Waals surface area contributed by atoms with Crippen LogP contribution in [0.2, 0.25) is 0 Å². The number of H-pyrrole nitrogens is 1. The Morgan fingerprint density at radius 2 is 1.84 bits per heavy atom. The van der Waals surface area contributed by atoms with E-state index in [0.717, 1.165) is 63.9 Å². The topological polar surface area (TPSA) is 90.4 Å². The maximum absolute atomic E-state index is 12.6. The Morgan fingerprint density at radius 3 is 2.70 bits per heavy atom. The fourth-order valence-corrected chi connectivity index (χ4v) is 4.99. The van der Waals surface area contributed by atoms with E-state index in [0.29, 0.717) is 31.7 Å². The van der Waals surface area contributed by atoms with Gasteiger partial charge in [-0.25, -0.2) is 0 Å². The maximum Gasteiger partial charge on any atom is 0.250 e. The van der Waals surface area contributed by atoms with Crippen LogP contribution in [-0.2, 0) is 17.7 Å². The van der Waals surface area contributed by atoms with Crippen LogP contribution in [0, 0.1) is 11.3 Å². The van der Waals surface area contributed by atoms with Crippen molar-refractivity contribution in [1.29, 1.82) is 5.26 Å². The van der Waals surface area contributed by atoms with E-state index in [9.17, 15) is 10.1 Å². The lowest BCUT2D eigenvalue weighted by Crippen LogP contribution is -2.36. The summed E-state index contributed by atoms with van der Waals surface area (Å²) < 4.78 is 11.9. The second-order valence-corrected chi connectivity index (χ2v) is 9.24. The van der Waals surface area contributed by atoms with Crippen molar-refractivity contribution in [2.75, 3.05) is 36.5 Å². The first kappa shape index (κ1) is 22.9. The van der Waals surface area contributed by atoms with E-state index in [2.05, 4.69) is 33.4 Å². The lowest BCUT2D eigenvalue weighted by atomic mass is 9.95. The molecular formula is C30H26N4O3. The molecule has 6 rings (SSSR count). The summed E-state index contributed by atoms with van der Waals surface area (Å²) in [6.07, 6.45) is 0.702. The highest BCUT2D eigenvalue weighted by atomic mass is 16.5. The highest BCUT2D eigenvalue weighted by Crippen LogP contribution is 2.44. The van der Waals surface area contributed by atoms with E-state index in [1.54, 1.807) is 12.1 Å². The summed E-state index contributed by atoms with van der Waals surface area (Å²) in [5, 5.41) is 12.7. The number of fused-ring (bicyclic) bond motifs is 2. The number of nitrogens with zero attached hydrogens (tertiary/aromatic N) is 2. The van der Waals surface area contributed by atoms with Crippen LogP contribution in [-0.4, -0.2) is 31.3 Å². The van der Waals surface area contributed by atoms with Gasteiger partial charge in [0.25, 0.3) is 0 Å². The number of rotatable bonds is 5. The molecule has 2 aliphatic rings. The number of benzene rings is 3. The lowest BCUT2D eigenvalue weighted by molar-refractivity contribution is 0.122. The number of hydrogen-bond donors (Lipinski definition) is 2. The maximum atomic E-state index is 12.6. The molecule has 0 amide bonds. The molecule has 3 aromatic carbocycles. The molecule has 0 aliphatic carbocycles. The number of anilines is 2. The van der Waals surface area contributed by atoms with Crippen LogP contribution in [0.4, 0.5) is 11.4 Å². The molecule has 0 bridgehead atoms. The number of nitrogens with one attached hydrogen (secondary N) is 2. The van der Waals surface area contributed by atoms with Gasteiger partial charge in [-0.15, -0.1) is 0 Å². The van der Waals surface area contributed by atoms with Crippen molar-refractivity contribution in [2.45, 2.75) is 13.0 Å². The molecule has 184 valence electrons. The van der Waals surface area contributed by atoms with Gasteiger partial charge in [0.15, 0.2) is 0 Å². The van der Waals surface area contributed by atoms with Crippen molar-refractivity contribution >= 4 is 11.4 Å². The molecule has 37 heavy (non-hydrogen) atoms. The molecule has 0 radical (unpaired) electrons. The normalized spacial score (nSPS) is 14.2. The van der Waals surface area contributed by atoms with Gasteiger partial charge in [-0.2, -0.15) is 5.26 Å². The first-order valence-electron chi connectivity index (χ1n) is 12.4. The summed E-state index contributed by atoms with van der Waals surface area (Å²) in [7, 11) is 0. The molecule has 0 spiro atoms. The summed E-state index contributed by atoms with van der Waals surface area (Å²) in [4.78, 5) is 17.8. The zero-order chi connectivity index (χ0) is 25.2. The number of ether oxygens (including phenoxy) is 2. The van der Waals surface area contributed by atoms with E-state index in [1.165, 1.54) is 0 Å². The molecule has 4 aromatic rings. The monoisotopic (exact) mass is 490 g/mol. The minimum atomic E-state index is -0.139. The zero-order valence-electron chi connectivity index (χ0n) is 20.3. The number of hydrogen-bond acceptors (Lipinski definition) is 6. The van der Waals surface area contributed by atoms with E-state index >= 15 is 0 Å². The van der Waals surface area contributed by atoms with E-state index in [1.807, 2.05) is 48.5 Å². The summed E-state index contributed by atoms with van der Waals surface area (Å²) in [5.41, 5.74) is 7.18. The molecule has 7 nitrogen and oxygen atoms in total. The van der Waals surface area contributed by atoms with Crippen LogP contribution in [0.1, 0.15) is 22.3 Å². The molecule has 0 atom stereocenters. The standard InChI is InChI=1S/C30H26N4O3/c31-18-20-4-1-5-21(14-20)19-32-26-8-3-9-28-25(26)15-22-6-2-7-24(30(22)37-28)27-16-23(17-29(35)33-27)34-10-12-36-13-11-34/h1-9,14,16-17,32H,10-13,15,19H2,(H,33,35). The summed E-state index contributed by atoms with van der Waals surface area (Å²) >= 11 is 0. The van der Waals surface area contributed by atoms with E-state index in [-0.39, 0.29) is 5.56 Å². The molecule has 2 N–H and O–H groups in total. The second-order valence-electron chi connectivity index (χ2n) is 9.24. The molecule has 7 heteroatoms. The number of para-hydroxylation sites is 1. The van der Waals surface area contributed by atoms with Gasteiger partial charge in [0.2, 0.25) is 5.56 Å². The van der Waals surface area contributed by atoms with Gasteiger partial charge in [-0.3, -0.25) is 4.79 Å². The number of morpholine rings is 1. The van der Waals surface area contributed by atoms with Gasteiger partial charge in [-0.05, 0) is 42.0 Å². The van der Waals surface area contributed by atoms with Crippen molar-refractivity contribution < 1.29 is 9.47 Å². The molecule has 0 saturated carbocycles. The van der Waals surface area contributed by atoms with Crippen molar-refractivity contribution in [3.8, 4) is 28.8 Å². The van der Waals surface area contributed by atoms with Gasteiger partial charge in [0.05, 0.1) is 30.5 Å². The Bertz CT molecular complexity index is 1560. The van der Waals surface area contributed by atoms with Gasteiger partial charge < -0.3 is 24.7 Å². The third kappa shape index (κ3) is 4.67. The predicted octanol–water partition coefficient (Wildman–Crippen LogP) is 5.06. The largest absolute Gasteiger partial charge is 0.456 e. The van der Waals surface area contributed by atoms with E-state index in [4.69, 9.17) is 9.47 Å². The summed E-state index contributed by atoms with van der Waals surface area (Å²) in [6, 6.07) is 25.5. The first-order chi connectivity index (χ1) is 18.2.